The molecule has 0 aliphatic heterocycles. The maximum absolute atomic E-state index is 14.1. The van der Waals surface area contributed by atoms with E-state index < -0.39 is 37.7 Å². The van der Waals surface area contributed by atoms with E-state index in [0.29, 0.717) is 0 Å². The molecule has 0 saturated carbocycles. The Morgan fingerprint density at radius 3 is 2.55 bits per heavy atom. The van der Waals surface area contributed by atoms with E-state index in [1.165, 1.54) is 6.92 Å². The van der Waals surface area contributed by atoms with Crippen LogP contribution in [-0.2, 0) is 9.84 Å². The maximum atomic E-state index is 14.1. The number of carbonyl (C=O) groups excluding carboxylic acids is 1. The number of tetrazole rings is 1. The van der Waals surface area contributed by atoms with E-state index in [1.807, 2.05) is 0 Å². The summed E-state index contributed by atoms with van der Waals surface area (Å²) in [4.78, 5) is 15.6. The fourth-order valence-corrected chi connectivity index (χ4v) is 3.16. The van der Waals surface area contributed by atoms with Gasteiger partial charge in [-0.2, -0.15) is 17.9 Å². The Balaban J connectivity index is 1.98. The van der Waals surface area contributed by atoms with Crippen molar-refractivity contribution in [3.63, 3.8) is 0 Å². The average molecular weight is 430 g/mol. The van der Waals surface area contributed by atoms with E-state index in [2.05, 4.69) is 25.8 Å². The van der Waals surface area contributed by atoms with Gasteiger partial charge in [0, 0.05) is 11.9 Å². The summed E-state index contributed by atoms with van der Waals surface area (Å²) in [5.74, 6) is -1.69. The number of benzene rings is 1. The van der Waals surface area contributed by atoms with Crippen LogP contribution < -0.4 is 5.32 Å². The number of nitrogens with one attached hydrogen (secondary N) is 1. The first kappa shape index (κ1) is 20.3. The van der Waals surface area contributed by atoms with Crippen LogP contribution in [0.15, 0.2) is 41.6 Å². The minimum absolute atomic E-state index is 0.0412. The molecule has 0 atom stereocenters. The maximum Gasteiger partial charge on any atom is 0.503 e. The Labute approximate surface area is 160 Å². The smallest absolute Gasteiger partial charge is 0.322 e. The van der Waals surface area contributed by atoms with Crippen molar-refractivity contribution in [3.8, 4) is 5.69 Å². The number of pyridine rings is 1. The molecule has 29 heavy (non-hydrogen) atoms. The van der Waals surface area contributed by atoms with Crippen molar-refractivity contribution in [1.29, 1.82) is 0 Å². The number of nitrogens with zero attached hydrogens (tertiary/aromatic N) is 5. The highest BCUT2D eigenvalue weighted by Crippen LogP contribution is 2.31. The third kappa shape index (κ3) is 3.78. The van der Waals surface area contributed by atoms with Gasteiger partial charge < -0.3 is 5.32 Å². The molecule has 0 fully saturated rings. The summed E-state index contributed by atoms with van der Waals surface area (Å²) in [6.45, 7) is 1.49. The Bertz CT molecular complexity index is 1190. The molecule has 1 amide bonds. The Morgan fingerprint density at radius 1 is 1.21 bits per heavy atom. The number of amides is 1. The van der Waals surface area contributed by atoms with Crippen LogP contribution >= 0.6 is 0 Å². The van der Waals surface area contributed by atoms with Gasteiger partial charge in [0.05, 0.1) is 5.56 Å². The molecular weight excluding hydrogens is 420 g/mol. The zero-order valence-electron chi connectivity index (χ0n) is 14.3. The molecular formula is C15H10F4N6O3S. The van der Waals surface area contributed by atoms with Gasteiger partial charge in [-0.15, -0.1) is 5.10 Å². The first-order chi connectivity index (χ1) is 13.5. The number of aryl methyl sites for hydroxylation is 1. The van der Waals surface area contributed by atoms with Gasteiger partial charge in [0.15, 0.2) is 10.9 Å². The molecule has 2 aromatic heterocycles. The van der Waals surface area contributed by atoms with Crippen molar-refractivity contribution >= 4 is 21.4 Å². The summed E-state index contributed by atoms with van der Waals surface area (Å²) < 4.78 is 77.1. The summed E-state index contributed by atoms with van der Waals surface area (Å²) in [6.07, 6.45) is 0.811. The lowest BCUT2D eigenvalue weighted by Crippen LogP contribution is -2.27. The first-order valence-electron chi connectivity index (χ1n) is 7.65. The molecule has 3 aromatic rings. The summed E-state index contributed by atoms with van der Waals surface area (Å²) in [5.41, 5.74) is -6.65. The fraction of sp³-hybridized carbons (Fsp3) is 0.133. The Morgan fingerprint density at radius 2 is 1.93 bits per heavy atom. The number of carbonyl (C=O) groups is 1. The largest absolute Gasteiger partial charge is 0.503 e. The van der Waals surface area contributed by atoms with Crippen LogP contribution in [0.2, 0.25) is 0 Å². The normalized spacial score (nSPS) is 12.0. The molecule has 0 bridgehead atoms. The molecule has 9 nitrogen and oxygen atoms in total. The fourth-order valence-electron chi connectivity index (χ4n) is 2.29. The van der Waals surface area contributed by atoms with E-state index >= 15 is 0 Å². The van der Waals surface area contributed by atoms with Crippen LogP contribution in [0.25, 0.3) is 5.69 Å². The summed E-state index contributed by atoms with van der Waals surface area (Å²) in [7, 11) is -5.86. The van der Waals surface area contributed by atoms with Gasteiger partial charge in [-0.05, 0) is 47.7 Å². The Hall–Kier alpha value is -3.42. The van der Waals surface area contributed by atoms with Crippen molar-refractivity contribution in [1.82, 2.24) is 25.2 Å². The lowest BCUT2D eigenvalue weighted by atomic mass is 10.2. The molecule has 1 aromatic carbocycles. The van der Waals surface area contributed by atoms with Gasteiger partial charge in [-0.25, -0.2) is 17.8 Å². The number of hydrogen-bond donors (Lipinski definition) is 1. The van der Waals surface area contributed by atoms with E-state index in [0.717, 1.165) is 41.2 Å². The van der Waals surface area contributed by atoms with E-state index in [4.69, 9.17) is 0 Å². The molecule has 2 heterocycles. The number of sulfone groups is 1. The molecule has 0 aliphatic rings. The lowest BCUT2D eigenvalue weighted by Gasteiger charge is -2.12. The molecule has 0 spiro atoms. The van der Waals surface area contributed by atoms with Gasteiger partial charge in [0.1, 0.15) is 11.5 Å². The summed E-state index contributed by atoms with van der Waals surface area (Å²) in [5, 5.41) is 11.3. The molecule has 3 rings (SSSR count). The first-order valence-corrected chi connectivity index (χ1v) is 9.13. The van der Waals surface area contributed by atoms with E-state index in [9.17, 15) is 30.8 Å². The summed E-state index contributed by atoms with van der Waals surface area (Å²) in [6, 6.07) is 5.21. The molecule has 0 aliphatic carbocycles. The number of aromatic nitrogens is 5. The van der Waals surface area contributed by atoms with Crippen LogP contribution in [0.5, 0.6) is 0 Å². The van der Waals surface area contributed by atoms with Crippen molar-refractivity contribution in [2.75, 3.05) is 5.32 Å². The van der Waals surface area contributed by atoms with Crippen molar-refractivity contribution < 1.29 is 30.8 Å². The van der Waals surface area contributed by atoms with E-state index in [-0.39, 0.29) is 17.2 Å². The molecule has 0 saturated heterocycles. The summed E-state index contributed by atoms with van der Waals surface area (Å²) >= 11 is 0. The quantitative estimate of drug-likeness (QED) is 0.629. The van der Waals surface area contributed by atoms with Gasteiger partial charge >= 0.3 is 5.51 Å². The van der Waals surface area contributed by atoms with Crippen LogP contribution in [0.4, 0.5) is 23.2 Å². The van der Waals surface area contributed by atoms with Crippen LogP contribution in [-0.4, -0.2) is 45.0 Å². The lowest BCUT2D eigenvalue weighted by molar-refractivity contribution is -0.0438. The second kappa shape index (κ2) is 7.20. The minimum Gasteiger partial charge on any atom is -0.322 e. The van der Waals surface area contributed by atoms with Crippen LogP contribution in [0.1, 0.15) is 16.2 Å². The predicted molar refractivity (Wildman–Crippen MR) is 89.3 cm³/mol. The molecule has 1 N–H and O–H groups in total. The van der Waals surface area contributed by atoms with Crippen molar-refractivity contribution in [2.24, 2.45) is 0 Å². The van der Waals surface area contributed by atoms with Crippen molar-refractivity contribution in [2.45, 2.75) is 17.5 Å². The third-order valence-electron chi connectivity index (χ3n) is 3.63. The highest BCUT2D eigenvalue weighted by molar-refractivity contribution is 7.92. The van der Waals surface area contributed by atoms with Gasteiger partial charge in [0.2, 0.25) is 0 Å². The van der Waals surface area contributed by atoms with Crippen LogP contribution in [0.3, 0.4) is 0 Å². The SMILES string of the molecule is Cc1nnnn1-c1cc(NC(=O)c2cccnc2S(=O)(=O)C(F)(F)F)ccc1F. The van der Waals surface area contributed by atoms with Gasteiger partial charge in [-0.1, -0.05) is 0 Å². The molecule has 0 unspecified atom stereocenters. The number of rotatable bonds is 4. The predicted octanol–water partition coefficient (Wildman–Crippen LogP) is 2.05. The third-order valence-corrected chi connectivity index (χ3v) is 5.08. The highest BCUT2D eigenvalue weighted by atomic mass is 32.2. The highest BCUT2D eigenvalue weighted by Gasteiger charge is 2.49. The average Bonchev–Trinajstić information content (AvgIpc) is 3.08. The molecule has 0 radical (unpaired) electrons. The molecule has 152 valence electrons. The van der Waals surface area contributed by atoms with Crippen LogP contribution in [0, 0.1) is 12.7 Å². The van der Waals surface area contributed by atoms with E-state index in [1.54, 1.807) is 0 Å². The second-order valence-corrected chi connectivity index (χ2v) is 7.42. The van der Waals surface area contributed by atoms with Crippen molar-refractivity contribution in [3.05, 3.63) is 53.7 Å². The van der Waals surface area contributed by atoms with Gasteiger partial charge in [0.25, 0.3) is 15.7 Å². The minimum atomic E-state index is -5.86. The zero-order chi connectivity index (χ0) is 21.4. The Kier molecular flexibility index (Phi) is 5.04. The number of hydrogen-bond acceptors (Lipinski definition) is 7. The van der Waals surface area contributed by atoms with Gasteiger partial charge in [-0.3, -0.25) is 4.79 Å². The number of halogens is 4. The number of anilines is 1. The number of alkyl halides is 3. The standard InChI is InChI=1S/C15H10F4N6O3S/c1-8-22-23-24-25(8)12-7-9(4-5-11(12)16)21-13(26)10-3-2-6-20-14(10)29(27,28)15(17,18)19/h2-7H,1H3,(H,21,26). The second-order valence-electron chi connectivity index (χ2n) is 5.56. The monoisotopic (exact) mass is 430 g/mol. The topological polar surface area (TPSA) is 120 Å². The molecule has 14 heteroatoms. The zero-order valence-corrected chi connectivity index (χ0v) is 15.2.